The Bertz CT molecular complexity index is 676. The third kappa shape index (κ3) is 6.74. The number of halogens is 1. The van der Waals surface area contributed by atoms with Gasteiger partial charge in [0.05, 0.1) is 12.6 Å². The molecule has 141 valence electrons. The molecule has 0 saturated carbocycles. The van der Waals surface area contributed by atoms with Crippen LogP contribution >= 0.6 is 11.6 Å². The molecule has 1 unspecified atom stereocenters. The van der Waals surface area contributed by atoms with Crippen LogP contribution in [0.4, 0.5) is 0 Å². The largest absolute Gasteiger partial charge is 0.540 e. The molecule has 1 fully saturated rings. The Balaban J connectivity index is 0.00000261. The summed E-state index contributed by atoms with van der Waals surface area (Å²) in [5.41, 5.74) is 2.56. The minimum absolute atomic E-state index is 0. The zero-order valence-corrected chi connectivity index (χ0v) is 19.0. The maximum absolute atomic E-state index is 10.2. The number of hydrogen-bond acceptors (Lipinski definition) is 4. The van der Waals surface area contributed by atoms with Crippen LogP contribution in [0.15, 0.2) is 54.6 Å². The Kier molecular flexibility index (Phi) is 10.1. The van der Waals surface area contributed by atoms with Crippen molar-refractivity contribution in [2.24, 2.45) is 0 Å². The standard InChI is InChI=1S/C21H24ClN2O2.Y/c22-20-8-6-19(7-9-20)21(18-4-2-1-3-5-18)24-12-10-23(11-13-24)14-16-26-17-15-25;/h1-9,21H,10-14,16-17H2;/q-1;. The summed E-state index contributed by atoms with van der Waals surface area (Å²) in [5.74, 6) is 0. The Labute approximate surface area is 191 Å². The quantitative estimate of drug-likeness (QED) is 0.447. The van der Waals surface area contributed by atoms with Crippen LogP contribution in [-0.4, -0.2) is 62.0 Å². The molecule has 1 heterocycles. The molecule has 1 aliphatic heterocycles. The zero-order valence-electron chi connectivity index (χ0n) is 15.4. The van der Waals surface area contributed by atoms with Crippen LogP contribution in [0.3, 0.4) is 0 Å². The van der Waals surface area contributed by atoms with E-state index in [4.69, 9.17) is 16.3 Å². The fraction of sp³-hybridized carbons (Fsp3) is 0.381. The molecule has 3 rings (SSSR count). The first-order valence-electron chi connectivity index (χ1n) is 8.97. The molecule has 1 saturated heterocycles. The third-order valence-electron chi connectivity index (χ3n) is 4.79. The third-order valence-corrected chi connectivity index (χ3v) is 5.04. The minimum atomic E-state index is 0. The maximum Gasteiger partial charge on any atom is 0.0602 e. The smallest absolute Gasteiger partial charge is 0.0602 e. The van der Waals surface area contributed by atoms with Gasteiger partial charge >= 0.3 is 0 Å². The van der Waals surface area contributed by atoms with Crippen molar-refractivity contribution in [2.45, 2.75) is 6.04 Å². The van der Waals surface area contributed by atoms with Gasteiger partial charge in [-0.05, 0) is 29.9 Å². The van der Waals surface area contributed by atoms with E-state index >= 15 is 0 Å². The molecule has 1 atom stereocenters. The second-order valence-electron chi connectivity index (χ2n) is 6.44. The number of rotatable bonds is 8. The van der Waals surface area contributed by atoms with E-state index < -0.39 is 0 Å². The van der Waals surface area contributed by atoms with Crippen LogP contribution in [0.25, 0.3) is 0 Å². The molecule has 2 aromatic rings. The van der Waals surface area contributed by atoms with Crippen molar-refractivity contribution in [3.8, 4) is 0 Å². The maximum atomic E-state index is 10.2. The van der Waals surface area contributed by atoms with Gasteiger partial charge in [0.15, 0.2) is 0 Å². The molecular formula is C21H24ClN2O2Y-. The van der Waals surface area contributed by atoms with Crippen LogP contribution in [-0.2, 0) is 42.2 Å². The molecule has 0 aliphatic carbocycles. The monoisotopic (exact) mass is 460 g/mol. The van der Waals surface area contributed by atoms with Gasteiger partial charge in [-0.25, -0.2) is 6.29 Å². The molecule has 0 aromatic heterocycles. The Morgan fingerprint density at radius 3 is 2.22 bits per heavy atom. The number of carbonyl (C=O) groups excluding carboxylic acids is 1. The van der Waals surface area contributed by atoms with E-state index in [1.54, 1.807) is 6.29 Å². The molecule has 1 radical (unpaired) electrons. The Hall–Kier alpha value is -0.616. The van der Waals surface area contributed by atoms with Crippen molar-refractivity contribution in [3.63, 3.8) is 0 Å². The molecule has 0 amide bonds. The average molecular weight is 461 g/mol. The average Bonchev–Trinajstić information content (AvgIpc) is 2.69. The predicted octanol–water partition coefficient (Wildman–Crippen LogP) is 3.17. The summed E-state index contributed by atoms with van der Waals surface area (Å²) in [5, 5.41) is 0.762. The number of benzene rings is 2. The first-order valence-corrected chi connectivity index (χ1v) is 9.35. The number of ether oxygens (including phenoxy) is 1. The number of nitrogens with zero attached hydrogens (tertiary/aromatic N) is 2. The van der Waals surface area contributed by atoms with Crippen LogP contribution in [0.1, 0.15) is 17.2 Å². The van der Waals surface area contributed by atoms with E-state index in [0.29, 0.717) is 6.61 Å². The summed E-state index contributed by atoms with van der Waals surface area (Å²) in [6.07, 6.45) is 1.76. The van der Waals surface area contributed by atoms with Crippen molar-refractivity contribution in [1.29, 1.82) is 0 Å². The van der Waals surface area contributed by atoms with Gasteiger partial charge < -0.3 is 9.53 Å². The van der Waals surface area contributed by atoms with Crippen molar-refractivity contribution in [1.82, 2.24) is 9.80 Å². The van der Waals surface area contributed by atoms with Crippen molar-refractivity contribution >= 4 is 17.9 Å². The molecule has 2 aromatic carbocycles. The Morgan fingerprint density at radius 2 is 1.59 bits per heavy atom. The SMILES string of the molecule is O=[C-]COCCN1CCN(C(c2ccccc2)c2ccc(Cl)cc2)CC1.[Y]. The summed E-state index contributed by atoms with van der Waals surface area (Å²) in [6, 6.07) is 19.0. The van der Waals surface area contributed by atoms with E-state index in [0.717, 1.165) is 37.7 Å². The Morgan fingerprint density at radius 1 is 0.963 bits per heavy atom. The molecule has 0 bridgehead atoms. The van der Waals surface area contributed by atoms with Crippen molar-refractivity contribution < 1.29 is 42.2 Å². The van der Waals surface area contributed by atoms with E-state index in [1.165, 1.54) is 11.1 Å². The first kappa shape index (κ1) is 22.7. The van der Waals surface area contributed by atoms with Crippen molar-refractivity contribution in [3.05, 3.63) is 70.7 Å². The van der Waals surface area contributed by atoms with E-state index in [2.05, 4.69) is 52.3 Å². The van der Waals surface area contributed by atoms with Gasteiger partial charge in [-0.3, -0.25) is 9.80 Å². The number of hydrogen-bond donors (Lipinski definition) is 0. The minimum Gasteiger partial charge on any atom is -0.540 e. The number of piperazine rings is 1. The van der Waals surface area contributed by atoms with Gasteiger partial charge in [-0.1, -0.05) is 54.1 Å². The summed E-state index contributed by atoms with van der Waals surface area (Å²) in [4.78, 5) is 15.1. The van der Waals surface area contributed by atoms with Crippen LogP contribution in [0, 0.1) is 0 Å². The molecule has 0 spiro atoms. The van der Waals surface area contributed by atoms with Gasteiger partial charge in [-0.15, -0.1) is 0 Å². The van der Waals surface area contributed by atoms with E-state index in [-0.39, 0.29) is 45.4 Å². The zero-order chi connectivity index (χ0) is 18.2. The molecule has 27 heavy (non-hydrogen) atoms. The van der Waals surface area contributed by atoms with Gasteiger partial charge in [0.1, 0.15) is 0 Å². The van der Waals surface area contributed by atoms with Crippen LogP contribution in [0.5, 0.6) is 0 Å². The topological polar surface area (TPSA) is 32.8 Å². The van der Waals surface area contributed by atoms with Gasteiger partial charge in [-0.2, -0.15) is 0 Å². The molecule has 0 N–H and O–H groups in total. The van der Waals surface area contributed by atoms with Gasteiger partial charge in [0, 0.05) is 70.5 Å². The fourth-order valence-corrected chi connectivity index (χ4v) is 3.57. The van der Waals surface area contributed by atoms with Crippen molar-refractivity contribution in [2.75, 3.05) is 45.9 Å². The fourth-order valence-electron chi connectivity index (χ4n) is 3.45. The van der Waals surface area contributed by atoms with Crippen LogP contribution < -0.4 is 0 Å². The second kappa shape index (κ2) is 12.1. The van der Waals surface area contributed by atoms with E-state index in [1.807, 2.05) is 12.1 Å². The predicted molar refractivity (Wildman–Crippen MR) is 104 cm³/mol. The molecule has 6 heteroatoms. The summed E-state index contributed by atoms with van der Waals surface area (Å²) in [6.45, 7) is 5.45. The second-order valence-corrected chi connectivity index (χ2v) is 6.88. The molecular weight excluding hydrogens is 437 g/mol. The van der Waals surface area contributed by atoms with E-state index in [9.17, 15) is 4.79 Å². The summed E-state index contributed by atoms with van der Waals surface area (Å²) >= 11 is 6.08. The van der Waals surface area contributed by atoms with Gasteiger partial charge in [0.2, 0.25) is 0 Å². The summed E-state index contributed by atoms with van der Waals surface area (Å²) < 4.78 is 5.22. The summed E-state index contributed by atoms with van der Waals surface area (Å²) in [7, 11) is 0. The normalized spacial score (nSPS) is 16.5. The molecule has 1 aliphatic rings. The first-order chi connectivity index (χ1) is 12.8. The molecule has 4 nitrogen and oxygen atoms in total. The van der Waals surface area contributed by atoms with Gasteiger partial charge in [0.25, 0.3) is 0 Å². The van der Waals surface area contributed by atoms with Crippen LogP contribution in [0.2, 0.25) is 5.02 Å².